The second kappa shape index (κ2) is 7.77. The summed E-state index contributed by atoms with van der Waals surface area (Å²) in [6, 6.07) is 16.3. The van der Waals surface area contributed by atoms with Gasteiger partial charge in [-0.1, -0.05) is 36.4 Å². The Hall–Kier alpha value is -2.36. The van der Waals surface area contributed by atoms with Gasteiger partial charge < -0.3 is 10.2 Å². The van der Waals surface area contributed by atoms with Crippen LogP contribution in [0, 0.1) is 0 Å². The molecule has 23 heavy (non-hydrogen) atoms. The third kappa shape index (κ3) is 4.31. The van der Waals surface area contributed by atoms with Crippen molar-refractivity contribution in [2.24, 2.45) is 0 Å². The van der Waals surface area contributed by atoms with Crippen LogP contribution in [0.15, 0.2) is 54.7 Å². The van der Waals surface area contributed by atoms with Gasteiger partial charge in [0.15, 0.2) is 0 Å². The minimum absolute atomic E-state index is 0.263. The highest BCUT2D eigenvalue weighted by molar-refractivity contribution is 5.77. The molecule has 0 saturated carbocycles. The molecule has 0 aliphatic carbocycles. The molecule has 2 heterocycles. The van der Waals surface area contributed by atoms with Gasteiger partial charge in [-0.3, -0.25) is 4.79 Å². The molecule has 1 aliphatic heterocycles. The number of hydrogen-bond acceptors (Lipinski definition) is 3. The number of rotatable bonds is 6. The zero-order valence-corrected chi connectivity index (χ0v) is 13.3. The first-order valence-corrected chi connectivity index (χ1v) is 8.31. The number of hydrogen-bond donors (Lipinski definition) is 1. The first-order chi connectivity index (χ1) is 11.3. The number of anilines is 1. The monoisotopic (exact) mass is 309 g/mol. The Morgan fingerprint density at radius 2 is 2.00 bits per heavy atom. The average molecular weight is 309 g/mol. The van der Waals surface area contributed by atoms with Crippen LogP contribution in [0.3, 0.4) is 0 Å². The van der Waals surface area contributed by atoms with E-state index in [1.54, 1.807) is 6.20 Å². The molecular formula is C19H23N3O. The van der Waals surface area contributed by atoms with Crippen molar-refractivity contribution in [3.05, 3.63) is 60.3 Å². The van der Waals surface area contributed by atoms with Crippen LogP contribution >= 0.6 is 0 Å². The number of carbonyl (C=O) groups excluding carboxylic acids is 1. The fraction of sp³-hybridized carbons (Fsp3) is 0.368. The maximum absolute atomic E-state index is 12.5. The number of pyridine rings is 1. The van der Waals surface area contributed by atoms with Crippen LogP contribution < -0.4 is 5.32 Å². The van der Waals surface area contributed by atoms with Crippen LogP contribution in [0.1, 0.15) is 24.8 Å². The Bertz CT molecular complexity index is 615. The first-order valence-electron chi connectivity index (χ1n) is 8.31. The van der Waals surface area contributed by atoms with Gasteiger partial charge in [0.1, 0.15) is 5.82 Å². The maximum Gasteiger partial charge on any atom is 0.223 e. The number of benzene rings is 1. The predicted octanol–water partition coefficient (Wildman–Crippen LogP) is 3.12. The Balaban J connectivity index is 1.50. The molecule has 1 amide bonds. The number of nitrogens with one attached hydrogen (secondary N) is 1. The second-order valence-electron chi connectivity index (χ2n) is 5.96. The molecule has 1 saturated heterocycles. The second-order valence-corrected chi connectivity index (χ2v) is 5.96. The topological polar surface area (TPSA) is 45.2 Å². The number of amides is 1. The van der Waals surface area contributed by atoms with Gasteiger partial charge in [-0.15, -0.1) is 0 Å². The van der Waals surface area contributed by atoms with E-state index in [9.17, 15) is 4.79 Å². The summed E-state index contributed by atoms with van der Waals surface area (Å²) in [5, 5.41) is 3.34. The lowest BCUT2D eigenvalue weighted by Crippen LogP contribution is -2.39. The third-order valence-electron chi connectivity index (χ3n) is 4.35. The van der Waals surface area contributed by atoms with Crippen molar-refractivity contribution < 1.29 is 4.79 Å². The Labute approximate surface area is 137 Å². The highest BCUT2D eigenvalue weighted by Gasteiger charge is 2.28. The zero-order valence-electron chi connectivity index (χ0n) is 13.3. The summed E-state index contributed by atoms with van der Waals surface area (Å²) >= 11 is 0. The fourth-order valence-corrected chi connectivity index (χ4v) is 3.11. The zero-order chi connectivity index (χ0) is 15.9. The van der Waals surface area contributed by atoms with Crippen molar-refractivity contribution in [2.45, 2.75) is 31.7 Å². The van der Waals surface area contributed by atoms with Crippen molar-refractivity contribution in [1.29, 1.82) is 0 Å². The van der Waals surface area contributed by atoms with E-state index in [1.165, 1.54) is 5.56 Å². The molecule has 1 aliphatic rings. The van der Waals surface area contributed by atoms with Crippen molar-refractivity contribution in [3.63, 3.8) is 0 Å². The summed E-state index contributed by atoms with van der Waals surface area (Å²) in [7, 11) is 0. The highest BCUT2D eigenvalue weighted by atomic mass is 16.2. The molecule has 2 aromatic rings. The predicted molar refractivity (Wildman–Crippen MR) is 92.2 cm³/mol. The van der Waals surface area contributed by atoms with Gasteiger partial charge in [-0.05, 0) is 37.0 Å². The van der Waals surface area contributed by atoms with E-state index in [1.807, 2.05) is 41.3 Å². The van der Waals surface area contributed by atoms with E-state index in [4.69, 9.17) is 0 Å². The smallest absolute Gasteiger partial charge is 0.223 e. The van der Waals surface area contributed by atoms with Crippen LogP contribution in [-0.4, -0.2) is 34.9 Å². The maximum atomic E-state index is 12.5. The number of aromatic nitrogens is 1. The molecule has 120 valence electrons. The van der Waals surface area contributed by atoms with Crippen molar-refractivity contribution >= 4 is 11.7 Å². The van der Waals surface area contributed by atoms with Crippen LogP contribution in [0.4, 0.5) is 5.82 Å². The summed E-state index contributed by atoms with van der Waals surface area (Å²) in [6.45, 7) is 1.65. The van der Waals surface area contributed by atoms with E-state index in [0.717, 1.165) is 38.2 Å². The molecule has 4 nitrogen and oxygen atoms in total. The minimum Gasteiger partial charge on any atom is -0.368 e. The number of aryl methyl sites for hydroxylation is 1. The van der Waals surface area contributed by atoms with Crippen molar-refractivity contribution in [2.75, 3.05) is 18.4 Å². The van der Waals surface area contributed by atoms with Gasteiger partial charge in [0, 0.05) is 31.7 Å². The normalized spacial score (nSPS) is 17.2. The van der Waals surface area contributed by atoms with Gasteiger partial charge >= 0.3 is 0 Å². The molecule has 0 spiro atoms. The average Bonchev–Trinajstić information content (AvgIpc) is 3.08. The molecule has 1 aromatic carbocycles. The summed E-state index contributed by atoms with van der Waals surface area (Å²) < 4.78 is 0. The SMILES string of the molecule is O=C(CCc1ccccc1)N1CCCC1CNc1ccccn1. The lowest BCUT2D eigenvalue weighted by atomic mass is 10.1. The first kappa shape index (κ1) is 15.5. The van der Waals surface area contributed by atoms with E-state index in [2.05, 4.69) is 22.4 Å². The summed E-state index contributed by atoms with van der Waals surface area (Å²) in [5.41, 5.74) is 1.23. The van der Waals surface area contributed by atoms with Crippen LogP contribution in [-0.2, 0) is 11.2 Å². The molecule has 1 atom stereocenters. The van der Waals surface area contributed by atoms with E-state index in [0.29, 0.717) is 6.42 Å². The fourth-order valence-electron chi connectivity index (χ4n) is 3.11. The molecule has 1 fully saturated rings. The summed E-state index contributed by atoms with van der Waals surface area (Å²) in [4.78, 5) is 18.8. The molecule has 0 radical (unpaired) electrons. The van der Waals surface area contributed by atoms with Crippen molar-refractivity contribution in [1.82, 2.24) is 9.88 Å². The Morgan fingerprint density at radius 3 is 2.78 bits per heavy atom. The Morgan fingerprint density at radius 1 is 1.17 bits per heavy atom. The van der Waals surface area contributed by atoms with Gasteiger partial charge in [0.2, 0.25) is 5.91 Å². The summed E-state index contributed by atoms with van der Waals surface area (Å²) in [5.74, 6) is 1.13. The molecule has 1 N–H and O–H groups in total. The quantitative estimate of drug-likeness (QED) is 0.892. The van der Waals surface area contributed by atoms with E-state index < -0.39 is 0 Å². The van der Waals surface area contributed by atoms with Gasteiger partial charge in [-0.25, -0.2) is 4.98 Å². The Kier molecular flexibility index (Phi) is 5.25. The molecule has 1 unspecified atom stereocenters. The van der Waals surface area contributed by atoms with E-state index in [-0.39, 0.29) is 11.9 Å². The third-order valence-corrected chi connectivity index (χ3v) is 4.35. The minimum atomic E-state index is 0.263. The number of nitrogens with zero attached hydrogens (tertiary/aromatic N) is 2. The van der Waals surface area contributed by atoms with Gasteiger partial charge in [0.05, 0.1) is 0 Å². The highest BCUT2D eigenvalue weighted by Crippen LogP contribution is 2.19. The lowest BCUT2D eigenvalue weighted by Gasteiger charge is -2.25. The molecule has 1 aromatic heterocycles. The standard InChI is InChI=1S/C19H23N3O/c23-19(12-11-16-7-2-1-3-8-16)22-14-6-9-17(22)15-21-18-10-4-5-13-20-18/h1-5,7-8,10,13,17H,6,9,11-12,14-15H2,(H,20,21). The van der Waals surface area contributed by atoms with Crippen LogP contribution in [0.25, 0.3) is 0 Å². The summed E-state index contributed by atoms with van der Waals surface area (Å²) in [6.07, 6.45) is 5.34. The van der Waals surface area contributed by atoms with Gasteiger partial charge in [0.25, 0.3) is 0 Å². The molecule has 3 rings (SSSR count). The van der Waals surface area contributed by atoms with Crippen molar-refractivity contribution in [3.8, 4) is 0 Å². The lowest BCUT2D eigenvalue weighted by molar-refractivity contribution is -0.131. The van der Waals surface area contributed by atoms with Gasteiger partial charge in [-0.2, -0.15) is 0 Å². The number of carbonyl (C=O) groups is 1. The largest absolute Gasteiger partial charge is 0.368 e. The molecular weight excluding hydrogens is 286 g/mol. The molecule has 0 bridgehead atoms. The van der Waals surface area contributed by atoms with Crippen LogP contribution in [0.2, 0.25) is 0 Å². The van der Waals surface area contributed by atoms with Crippen LogP contribution in [0.5, 0.6) is 0 Å². The van der Waals surface area contributed by atoms with E-state index >= 15 is 0 Å². The number of likely N-dealkylation sites (tertiary alicyclic amines) is 1. The molecule has 4 heteroatoms.